The third-order valence-electron chi connectivity index (χ3n) is 4.87. The minimum absolute atomic E-state index is 0.0739. The van der Waals surface area contributed by atoms with Crippen LogP contribution in [-0.2, 0) is 25.1 Å². The minimum atomic E-state index is -0.409. The van der Waals surface area contributed by atoms with Crippen molar-refractivity contribution >= 4 is 17.4 Å². The molecule has 0 amide bonds. The predicted molar refractivity (Wildman–Crippen MR) is 106 cm³/mol. The monoisotopic (exact) mass is 397 g/mol. The first kappa shape index (κ1) is 18.5. The van der Waals surface area contributed by atoms with E-state index in [-0.39, 0.29) is 11.4 Å². The summed E-state index contributed by atoms with van der Waals surface area (Å²) >= 11 is 1.52. The van der Waals surface area contributed by atoms with Gasteiger partial charge in [0.1, 0.15) is 10.8 Å². The van der Waals surface area contributed by atoms with Gasteiger partial charge in [0.25, 0.3) is 5.69 Å². The molecule has 0 aliphatic heterocycles. The number of non-ortho nitro benzene ring substituents is 1. The molecular weight excluding hydrogens is 378 g/mol. The molecular formula is C20H19N3O4S. The van der Waals surface area contributed by atoms with Crippen LogP contribution in [0.1, 0.15) is 35.4 Å². The SMILES string of the molecule is O=c1nc(SCc2ccc([N+](=O)[O-])cc2)c2c(n1Cc1ccco1)CCCC2. The smallest absolute Gasteiger partial charge is 0.349 e. The molecule has 1 aromatic carbocycles. The van der Waals surface area contributed by atoms with Gasteiger partial charge in [0.15, 0.2) is 0 Å². The van der Waals surface area contributed by atoms with Crippen LogP contribution in [0.2, 0.25) is 0 Å². The Kier molecular flexibility index (Phi) is 5.29. The highest BCUT2D eigenvalue weighted by molar-refractivity contribution is 7.98. The van der Waals surface area contributed by atoms with E-state index < -0.39 is 4.92 Å². The molecule has 0 bridgehead atoms. The summed E-state index contributed by atoms with van der Waals surface area (Å²) in [6, 6.07) is 10.2. The van der Waals surface area contributed by atoms with Gasteiger partial charge in [-0.1, -0.05) is 12.1 Å². The number of fused-ring (bicyclic) bond motifs is 1. The molecule has 8 heteroatoms. The molecule has 0 N–H and O–H groups in total. The van der Waals surface area contributed by atoms with E-state index in [1.165, 1.54) is 23.9 Å². The van der Waals surface area contributed by atoms with Crippen LogP contribution in [0, 0.1) is 10.1 Å². The van der Waals surface area contributed by atoms with Crippen molar-refractivity contribution in [1.29, 1.82) is 0 Å². The Hall–Kier alpha value is -2.87. The molecule has 1 aliphatic carbocycles. The maximum atomic E-state index is 12.7. The molecule has 28 heavy (non-hydrogen) atoms. The fourth-order valence-corrected chi connectivity index (χ4v) is 4.49. The second kappa shape index (κ2) is 8.02. The van der Waals surface area contributed by atoms with Gasteiger partial charge < -0.3 is 4.42 Å². The second-order valence-electron chi connectivity index (χ2n) is 6.71. The Labute approximate surface area is 165 Å². The summed E-state index contributed by atoms with van der Waals surface area (Å²) < 4.78 is 7.13. The molecule has 0 atom stereocenters. The number of nitro benzene ring substituents is 1. The van der Waals surface area contributed by atoms with Crippen molar-refractivity contribution < 1.29 is 9.34 Å². The summed E-state index contributed by atoms with van der Waals surface area (Å²) in [5.74, 6) is 1.35. The van der Waals surface area contributed by atoms with Crippen LogP contribution in [-0.4, -0.2) is 14.5 Å². The number of thioether (sulfide) groups is 1. The van der Waals surface area contributed by atoms with Gasteiger partial charge in [-0.25, -0.2) is 4.79 Å². The maximum Gasteiger partial charge on any atom is 0.349 e. The molecule has 0 saturated heterocycles. The number of hydrogen-bond donors (Lipinski definition) is 0. The maximum absolute atomic E-state index is 12.7. The Morgan fingerprint density at radius 3 is 2.68 bits per heavy atom. The highest BCUT2D eigenvalue weighted by Gasteiger charge is 2.21. The lowest BCUT2D eigenvalue weighted by molar-refractivity contribution is -0.384. The minimum Gasteiger partial charge on any atom is -0.467 e. The van der Waals surface area contributed by atoms with E-state index in [4.69, 9.17) is 4.42 Å². The van der Waals surface area contributed by atoms with E-state index in [1.54, 1.807) is 23.0 Å². The zero-order valence-corrected chi connectivity index (χ0v) is 16.0. The quantitative estimate of drug-likeness (QED) is 0.271. The molecule has 3 aromatic rings. The van der Waals surface area contributed by atoms with Gasteiger partial charge >= 0.3 is 5.69 Å². The highest BCUT2D eigenvalue weighted by Crippen LogP contribution is 2.31. The molecule has 0 fully saturated rings. The highest BCUT2D eigenvalue weighted by atomic mass is 32.2. The topological polar surface area (TPSA) is 91.2 Å². The lowest BCUT2D eigenvalue weighted by atomic mass is 9.97. The summed E-state index contributed by atoms with van der Waals surface area (Å²) in [4.78, 5) is 27.4. The van der Waals surface area contributed by atoms with Gasteiger partial charge in [0, 0.05) is 29.1 Å². The zero-order chi connectivity index (χ0) is 19.5. The van der Waals surface area contributed by atoms with E-state index in [2.05, 4.69) is 4.98 Å². The van der Waals surface area contributed by atoms with Crippen molar-refractivity contribution in [3.8, 4) is 0 Å². The van der Waals surface area contributed by atoms with Crippen LogP contribution >= 0.6 is 11.8 Å². The molecule has 144 valence electrons. The summed E-state index contributed by atoms with van der Waals surface area (Å²) in [7, 11) is 0. The standard InChI is InChI=1S/C20H19N3O4S/c24-20-21-19(28-13-14-7-9-15(10-8-14)23(25)26)17-5-1-2-6-18(17)22(20)12-16-4-3-11-27-16/h3-4,7-11H,1-2,5-6,12-13H2. The largest absolute Gasteiger partial charge is 0.467 e. The number of nitrogens with zero attached hydrogens (tertiary/aromatic N) is 3. The summed E-state index contributed by atoms with van der Waals surface area (Å²) in [5, 5.41) is 11.6. The molecule has 1 aliphatic rings. The molecule has 0 spiro atoms. The van der Waals surface area contributed by atoms with Crippen molar-refractivity contribution in [3.63, 3.8) is 0 Å². The van der Waals surface area contributed by atoms with Crippen molar-refractivity contribution in [1.82, 2.24) is 9.55 Å². The molecule has 2 aromatic heterocycles. The van der Waals surface area contributed by atoms with Crippen LogP contribution in [0.5, 0.6) is 0 Å². The summed E-state index contributed by atoms with van der Waals surface area (Å²) in [6.45, 7) is 0.397. The van der Waals surface area contributed by atoms with Gasteiger partial charge in [-0.2, -0.15) is 4.98 Å². The number of rotatable bonds is 6. The number of furan rings is 1. The molecule has 2 heterocycles. The van der Waals surface area contributed by atoms with E-state index in [1.807, 2.05) is 12.1 Å². The average Bonchev–Trinajstić information content (AvgIpc) is 3.22. The zero-order valence-electron chi connectivity index (χ0n) is 15.2. The van der Waals surface area contributed by atoms with Crippen LogP contribution in [0.4, 0.5) is 5.69 Å². The number of benzene rings is 1. The predicted octanol–water partition coefficient (Wildman–Crippen LogP) is 3.96. The first-order valence-electron chi connectivity index (χ1n) is 9.13. The molecule has 4 rings (SSSR count). The van der Waals surface area contributed by atoms with Crippen molar-refractivity contribution in [2.75, 3.05) is 0 Å². The van der Waals surface area contributed by atoms with Gasteiger partial charge in [-0.3, -0.25) is 14.7 Å². The van der Waals surface area contributed by atoms with Crippen LogP contribution in [0.25, 0.3) is 0 Å². The Morgan fingerprint density at radius 1 is 1.18 bits per heavy atom. The number of nitro groups is 1. The van der Waals surface area contributed by atoms with Crippen molar-refractivity contribution in [2.24, 2.45) is 0 Å². The third-order valence-corrected chi connectivity index (χ3v) is 5.96. The molecule has 0 saturated carbocycles. The normalized spacial score (nSPS) is 13.3. The van der Waals surface area contributed by atoms with E-state index >= 15 is 0 Å². The van der Waals surface area contributed by atoms with Crippen molar-refractivity contribution in [2.45, 2.75) is 43.0 Å². The van der Waals surface area contributed by atoms with Gasteiger partial charge in [-0.15, -0.1) is 11.8 Å². The second-order valence-corrected chi connectivity index (χ2v) is 7.67. The van der Waals surface area contributed by atoms with Gasteiger partial charge in [0.05, 0.1) is 17.7 Å². The van der Waals surface area contributed by atoms with Gasteiger partial charge in [0.2, 0.25) is 0 Å². The molecule has 0 unspecified atom stereocenters. The van der Waals surface area contributed by atoms with E-state index in [0.717, 1.165) is 53.3 Å². The summed E-state index contributed by atoms with van der Waals surface area (Å²) in [6.07, 6.45) is 5.51. The first-order chi connectivity index (χ1) is 13.6. The fraction of sp³-hybridized carbons (Fsp3) is 0.300. The third kappa shape index (κ3) is 3.87. The lowest BCUT2D eigenvalue weighted by Gasteiger charge is -2.22. The average molecular weight is 397 g/mol. The fourth-order valence-electron chi connectivity index (χ4n) is 3.45. The number of hydrogen-bond acceptors (Lipinski definition) is 6. The number of aromatic nitrogens is 2. The van der Waals surface area contributed by atoms with E-state index in [0.29, 0.717) is 12.3 Å². The van der Waals surface area contributed by atoms with Crippen molar-refractivity contribution in [3.05, 3.63) is 85.8 Å². The Balaban J connectivity index is 1.59. The summed E-state index contributed by atoms with van der Waals surface area (Å²) in [5.41, 5.74) is 2.97. The van der Waals surface area contributed by atoms with Crippen LogP contribution < -0.4 is 5.69 Å². The lowest BCUT2D eigenvalue weighted by Crippen LogP contribution is -2.30. The molecule has 0 radical (unpaired) electrons. The molecule has 7 nitrogen and oxygen atoms in total. The Morgan fingerprint density at radius 2 is 1.96 bits per heavy atom. The van der Waals surface area contributed by atoms with Crippen LogP contribution in [0.3, 0.4) is 0 Å². The van der Waals surface area contributed by atoms with E-state index in [9.17, 15) is 14.9 Å². The first-order valence-corrected chi connectivity index (χ1v) is 10.1. The van der Waals surface area contributed by atoms with Crippen LogP contribution in [0.15, 0.2) is 56.9 Å². The van der Waals surface area contributed by atoms with Gasteiger partial charge in [-0.05, 0) is 43.4 Å². The Bertz CT molecular complexity index is 1040.